The van der Waals surface area contributed by atoms with Gasteiger partial charge in [-0.25, -0.2) is 9.97 Å². The van der Waals surface area contributed by atoms with Crippen LogP contribution in [-0.2, 0) is 9.63 Å². The summed E-state index contributed by atoms with van der Waals surface area (Å²) < 4.78 is 10.5. The molecule has 35 heavy (non-hydrogen) atoms. The van der Waals surface area contributed by atoms with Crippen LogP contribution >= 0.6 is 22.9 Å². The maximum atomic E-state index is 12.6. The van der Waals surface area contributed by atoms with Gasteiger partial charge in [0.2, 0.25) is 5.88 Å². The maximum Gasteiger partial charge on any atom is 0.320 e. The summed E-state index contributed by atoms with van der Waals surface area (Å²) in [7, 11) is 1.51. The molecule has 0 aliphatic carbocycles. The summed E-state index contributed by atoms with van der Waals surface area (Å²) in [6.45, 7) is 1.19. The molecule has 181 valence electrons. The molecule has 1 saturated heterocycles. The van der Waals surface area contributed by atoms with E-state index in [1.807, 2.05) is 28.5 Å². The number of hydrogen-bond acceptors (Lipinski definition) is 9. The molecule has 1 radical (unpaired) electrons. The molecule has 9 nitrogen and oxygen atoms in total. The Bertz CT molecular complexity index is 1230. The quantitative estimate of drug-likeness (QED) is 0.471. The largest absolute Gasteiger partial charge is 0.481 e. The molecule has 0 N–H and O–H groups in total. The molecule has 2 aromatic heterocycles. The number of halogens is 1. The zero-order valence-corrected chi connectivity index (χ0v) is 20.6. The van der Waals surface area contributed by atoms with E-state index >= 15 is 0 Å². The summed E-state index contributed by atoms with van der Waals surface area (Å²) in [5, 5.41) is 7.96. The van der Waals surface area contributed by atoms with Crippen molar-refractivity contribution in [1.29, 1.82) is 0 Å². The van der Waals surface area contributed by atoms with Crippen molar-refractivity contribution in [1.82, 2.24) is 19.9 Å². The van der Waals surface area contributed by atoms with Crippen molar-refractivity contribution in [3.63, 3.8) is 0 Å². The van der Waals surface area contributed by atoms with Gasteiger partial charge in [0.25, 0.3) is 5.91 Å². The van der Waals surface area contributed by atoms with E-state index in [-0.39, 0.29) is 24.6 Å². The van der Waals surface area contributed by atoms with Crippen LogP contribution in [0.1, 0.15) is 47.5 Å². The second kappa shape index (κ2) is 10.6. The SMILES string of the molecule is COc1ccnc(OCC(=O)N2CCC(c3nc(C4=NOC(c5[c]cccc5Cl)C4)cs3)CC2)n1. The third-order valence-electron chi connectivity index (χ3n) is 5.98. The molecule has 3 aromatic rings. The second-order valence-electron chi connectivity index (χ2n) is 8.16. The van der Waals surface area contributed by atoms with Crippen LogP contribution in [0, 0.1) is 6.07 Å². The molecule has 1 amide bonds. The van der Waals surface area contributed by atoms with Crippen LogP contribution < -0.4 is 9.47 Å². The van der Waals surface area contributed by atoms with E-state index in [4.69, 9.17) is 30.9 Å². The molecule has 1 aromatic carbocycles. The number of benzene rings is 1. The first kappa shape index (κ1) is 23.5. The van der Waals surface area contributed by atoms with Crippen LogP contribution in [0.3, 0.4) is 0 Å². The Morgan fingerprint density at radius 3 is 2.97 bits per heavy atom. The molecule has 4 heterocycles. The minimum Gasteiger partial charge on any atom is -0.481 e. The highest BCUT2D eigenvalue weighted by molar-refractivity contribution is 7.10. The van der Waals surface area contributed by atoms with Crippen molar-refractivity contribution in [3.8, 4) is 11.9 Å². The van der Waals surface area contributed by atoms with Crippen molar-refractivity contribution in [2.45, 2.75) is 31.3 Å². The van der Waals surface area contributed by atoms with Crippen LogP contribution in [0.25, 0.3) is 0 Å². The number of nitrogens with zero attached hydrogens (tertiary/aromatic N) is 5. The zero-order chi connectivity index (χ0) is 24.2. The molecule has 2 aliphatic rings. The summed E-state index contributed by atoms with van der Waals surface area (Å²) in [6, 6.07) is 10.4. The van der Waals surface area contributed by atoms with Crippen LogP contribution in [0.2, 0.25) is 5.02 Å². The third-order valence-corrected chi connectivity index (χ3v) is 7.32. The topological polar surface area (TPSA) is 99.0 Å². The Hall–Kier alpha value is -3.24. The number of rotatable bonds is 7. The zero-order valence-electron chi connectivity index (χ0n) is 19.0. The van der Waals surface area contributed by atoms with Gasteiger partial charge in [0.15, 0.2) is 12.7 Å². The van der Waals surface area contributed by atoms with E-state index in [9.17, 15) is 4.79 Å². The standard InChI is InChI=1S/C24H23ClN5O4S/c1-32-21-6-9-26-24(28-21)33-13-22(31)30-10-7-15(8-11-30)23-27-19(14-35-23)18-12-20(34-29-18)16-4-2-3-5-17(16)25/h2-3,5-6,9,14-15,20H,7-8,10-13H2,1H3. The molecule has 1 atom stereocenters. The smallest absolute Gasteiger partial charge is 0.320 e. The van der Waals surface area contributed by atoms with Crippen LogP contribution in [0.5, 0.6) is 11.9 Å². The highest BCUT2D eigenvalue weighted by atomic mass is 35.5. The molecule has 0 saturated carbocycles. The highest BCUT2D eigenvalue weighted by Crippen LogP contribution is 2.35. The highest BCUT2D eigenvalue weighted by Gasteiger charge is 2.29. The van der Waals surface area contributed by atoms with Crippen molar-refractivity contribution in [2.75, 3.05) is 26.8 Å². The molecule has 0 spiro atoms. The number of likely N-dealkylation sites (tertiary alicyclic amines) is 1. The lowest BCUT2D eigenvalue weighted by molar-refractivity contribution is -0.134. The van der Waals surface area contributed by atoms with Gasteiger partial charge in [-0.05, 0) is 25.0 Å². The normalized spacial score (nSPS) is 18.2. The summed E-state index contributed by atoms with van der Waals surface area (Å²) in [5.41, 5.74) is 2.46. The average Bonchev–Trinajstić information content (AvgIpc) is 3.58. The molecular formula is C24H23ClN5O4S. The van der Waals surface area contributed by atoms with Crippen LogP contribution in [0.4, 0.5) is 0 Å². The maximum absolute atomic E-state index is 12.6. The van der Waals surface area contributed by atoms with Gasteiger partial charge in [-0.15, -0.1) is 11.3 Å². The molecular weight excluding hydrogens is 490 g/mol. The van der Waals surface area contributed by atoms with Gasteiger partial charge in [0.05, 0.1) is 17.8 Å². The van der Waals surface area contributed by atoms with Crippen molar-refractivity contribution < 1.29 is 19.1 Å². The van der Waals surface area contributed by atoms with Crippen molar-refractivity contribution in [3.05, 3.63) is 63.2 Å². The van der Waals surface area contributed by atoms with Gasteiger partial charge >= 0.3 is 6.01 Å². The predicted octanol–water partition coefficient (Wildman–Crippen LogP) is 4.05. The predicted molar refractivity (Wildman–Crippen MR) is 130 cm³/mol. The van der Waals surface area contributed by atoms with E-state index in [0.717, 1.165) is 34.8 Å². The van der Waals surface area contributed by atoms with Gasteiger partial charge in [-0.2, -0.15) is 4.98 Å². The Labute approximate surface area is 211 Å². The fourth-order valence-electron chi connectivity index (χ4n) is 4.07. The number of oxime groups is 1. The van der Waals surface area contributed by atoms with Gasteiger partial charge in [0.1, 0.15) is 5.71 Å². The summed E-state index contributed by atoms with van der Waals surface area (Å²) in [5.74, 6) is 0.601. The number of carbonyl (C=O) groups is 1. The number of aromatic nitrogens is 3. The Morgan fingerprint density at radius 2 is 2.17 bits per heavy atom. The average molecular weight is 513 g/mol. The van der Waals surface area contributed by atoms with Gasteiger partial charge < -0.3 is 19.2 Å². The monoisotopic (exact) mass is 512 g/mol. The Morgan fingerprint density at radius 1 is 1.31 bits per heavy atom. The van der Waals surface area contributed by atoms with E-state index in [1.165, 1.54) is 13.3 Å². The van der Waals surface area contributed by atoms with Gasteiger partial charge in [0, 0.05) is 53.7 Å². The van der Waals surface area contributed by atoms with Crippen molar-refractivity contribution in [2.24, 2.45) is 5.16 Å². The van der Waals surface area contributed by atoms with Crippen molar-refractivity contribution >= 4 is 34.6 Å². The Kier molecular flexibility index (Phi) is 7.10. The third kappa shape index (κ3) is 5.38. The number of hydrogen-bond donors (Lipinski definition) is 0. The lowest BCUT2D eigenvalue weighted by Gasteiger charge is -2.31. The van der Waals surface area contributed by atoms with Crippen LogP contribution in [-0.4, -0.2) is 58.3 Å². The van der Waals surface area contributed by atoms with Gasteiger partial charge in [-0.1, -0.05) is 28.9 Å². The fourth-order valence-corrected chi connectivity index (χ4v) is 5.32. The van der Waals surface area contributed by atoms with E-state index in [2.05, 4.69) is 21.2 Å². The summed E-state index contributed by atoms with van der Waals surface area (Å²) >= 11 is 7.90. The lowest BCUT2D eigenvalue weighted by atomic mass is 9.97. The first-order valence-corrected chi connectivity index (χ1v) is 12.5. The first-order chi connectivity index (χ1) is 17.1. The number of ether oxygens (including phenoxy) is 2. The lowest BCUT2D eigenvalue weighted by Crippen LogP contribution is -2.40. The summed E-state index contributed by atoms with van der Waals surface area (Å²) in [6.07, 6.45) is 3.57. The van der Waals surface area contributed by atoms with Gasteiger partial charge in [-0.3, -0.25) is 4.79 Å². The van der Waals surface area contributed by atoms with Crippen LogP contribution in [0.15, 0.2) is 41.0 Å². The molecule has 1 fully saturated rings. The number of amides is 1. The molecule has 2 aliphatic heterocycles. The first-order valence-electron chi connectivity index (χ1n) is 11.2. The second-order valence-corrected chi connectivity index (χ2v) is 9.46. The minimum atomic E-state index is -0.248. The van der Waals surface area contributed by atoms with E-state index in [1.54, 1.807) is 17.4 Å². The van der Waals surface area contributed by atoms with E-state index < -0.39 is 0 Å². The number of carbonyl (C=O) groups excluding carboxylic acids is 1. The molecule has 1 unspecified atom stereocenters. The molecule has 11 heteroatoms. The molecule has 0 bridgehead atoms. The summed E-state index contributed by atoms with van der Waals surface area (Å²) in [4.78, 5) is 32.9. The number of thiazole rings is 1. The minimum absolute atomic E-state index is 0.0884. The number of methoxy groups -OCH3 is 1. The molecule has 5 rings (SSSR count). The van der Waals surface area contributed by atoms with E-state index in [0.29, 0.717) is 36.3 Å². The fraction of sp³-hybridized carbons (Fsp3) is 0.375. The number of piperidine rings is 1. The Balaban J connectivity index is 1.12.